The van der Waals surface area contributed by atoms with Crippen LogP contribution in [0.25, 0.3) is 0 Å². The molecule has 6 heteroatoms. The van der Waals surface area contributed by atoms with E-state index >= 15 is 0 Å². The summed E-state index contributed by atoms with van der Waals surface area (Å²) >= 11 is 0. The predicted molar refractivity (Wildman–Crippen MR) is 73.6 cm³/mol. The van der Waals surface area contributed by atoms with E-state index in [1.54, 1.807) is 45.0 Å². The van der Waals surface area contributed by atoms with Crippen molar-refractivity contribution < 1.29 is 24.5 Å². The highest BCUT2D eigenvalue weighted by Gasteiger charge is 2.17. The molecule has 110 valence electrons. The van der Waals surface area contributed by atoms with Gasteiger partial charge in [0.2, 0.25) is 0 Å². The number of carboxylic acids is 1. The second-order valence-corrected chi connectivity index (χ2v) is 5.39. The first-order valence-corrected chi connectivity index (χ1v) is 6.17. The molecule has 0 bridgehead atoms. The Bertz CT molecular complexity index is 493. The number of benzene rings is 1. The lowest BCUT2D eigenvalue weighted by Gasteiger charge is -2.19. The maximum atomic E-state index is 11.6. The number of rotatable bonds is 4. The Labute approximate surface area is 117 Å². The van der Waals surface area contributed by atoms with Crippen LogP contribution in [0.5, 0.6) is 0 Å². The average Bonchev–Trinajstić information content (AvgIpc) is 2.26. The van der Waals surface area contributed by atoms with E-state index in [1.807, 2.05) is 0 Å². The average molecular weight is 281 g/mol. The van der Waals surface area contributed by atoms with Gasteiger partial charge in [-0.3, -0.25) is 5.32 Å². The van der Waals surface area contributed by atoms with Crippen molar-refractivity contribution in [2.75, 3.05) is 5.32 Å². The number of hydrogen-bond acceptors (Lipinski definition) is 4. The van der Waals surface area contributed by atoms with Crippen molar-refractivity contribution in [1.82, 2.24) is 0 Å². The van der Waals surface area contributed by atoms with E-state index in [-0.39, 0.29) is 6.42 Å². The van der Waals surface area contributed by atoms with Crippen LogP contribution in [0.15, 0.2) is 24.3 Å². The van der Waals surface area contributed by atoms with E-state index < -0.39 is 23.8 Å². The third-order valence-corrected chi connectivity index (χ3v) is 2.29. The van der Waals surface area contributed by atoms with Crippen LogP contribution in [0.4, 0.5) is 10.5 Å². The van der Waals surface area contributed by atoms with Crippen molar-refractivity contribution in [2.24, 2.45) is 0 Å². The Morgan fingerprint density at radius 1 is 1.35 bits per heavy atom. The van der Waals surface area contributed by atoms with Gasteiger partial charge >= 0.3 is 12.1 Å². The number of ether oxygens (including phenoxy) is 1. The van der Waals surface area contributed by atoms with Gasteiger partial charge in [0.1, 0.15) is 5.60 Å². The van der Waals surface area contributed by atoms with Gasteiger partial charge in [0.25, 0.3) is 0 Å². The van der Waals surface area contributed by atoms with Gasteiger partial charge in [0.05, 0.1) is 0 Å². The minimum Gasteiger partial charge on any atom is -0.479 e. The molecule has 0 aliphatic carbocycles. The number of aliphatic hydroxyl groups is 1. The van der Waals surface area contributed by atoms with Gasteiger partial charge in [-0.05, 0) is 38.5 Å². The lowest BCUT2D eigenvalue weighted by atomic mass is 10.1. The van der Waals surface area contributed by atoms with E-state index in [2.05, 4.69) is 5.32 Å². The van der Waals surface area contributed by atoms with Crippen molar-refractivity contribution in [3.8, 4) is 0 Å². The maximum Gasteiger partial charge on any atom is 0.412 e. The molecule has 1 atom stereocenters. The van der Waals surface area contributed by atoms with E-state index in [0.717, 1.165) is 0 Å². The van der Waals surface area contributed by atoms with Crippen LogP contribution in [0.2, 0.25) is 0 Å². The fourth-order valence-corrected chi connectivity index (χ4v) is 1.51. The molecule has 1 amide bonds. The molecule has 0 fully saturated rings. The van der Waals surface area contributed by atoms with Crippen molar-refractivity contribution in [3.63, 3.8) is 0 Å². The molecule has 0 radical (unpaired) electrons. The molecule has 20 heavy (non-hydrogen) atoms. The Morgan fingerprint density at radius 3 is 2.55 bits per heavy atom. The van der Waals surface area contributed by atoms with Gasteiger partial charge in [-0.1, -0.05) is 12.1 Å². The fraction of sp³-hybridized carbons (Fsp3) is 0.429. The molecule has 0 saturated heterocycles. The van der Waals surface area contributed by atoms with Crippen molar-refractivity contribution in [2.45, 2.75) is 38.9 Å². The quantitative estimate of drug-likeness (QED) is 0.784. The predicted octanol–water partition coefficient (Wildman–Crippen LogP) is 2.02. The van der Waals surface area contributed by atoms with Crippen LogP contribution in [0.1, 0.15) is 26.3 Å². The molecule has 0 heterocycles. The van der Waals surface area contributed by atoms with Crippen LogP contribution in [-0.2, 0) is 16.0 Å². The molecule has 0 aliphatic heterocycles. The summed E-state index contributed by atoms with van der Waals surface area (Å²) in [5, 5.41) is 20.5. The summed E-state index contributed by atoms with van der Waals surface area (Å²) < 4.78 is 5.11. The Hall–Kier alpha value is -2.08. The van der Waals surface area contributed by atoms with Crippen molar-refractivity contribution >= 4 is 17.7 Å². The third-order valence-electron chi connectivity index (χ3n) is 2.29. The molecule has 1 unspecified atom stereocenters. The molecule has 1 aromatic rings. The summed E-state index contributed by atoms with van der Waals surface area (Å²) in [4.78, 5) is 22.2. The minimum absolute atomic E-state index is 0.0286. The summed E-state index contributed by atoms with van der Waals surface area (Å²) in [6.45, 7) is 5.27. The van der Waals surface area contributed by atoms with Crippen LogP contribution in [-0.4, -0.2) is 34.0 Å². The largest absolute Gasteiger partial charge is 0.479 e. The summed E-state index contributed by atoms with van der Waals surface area (Å²) in [5.41, 5.74) is 0.490. The van der Waals surface area contributed by atoms with Gasteiger partial charge in [-0.2, -0.15) is 0 Å². The minimum atomic E-state index is -1.47. The molecule has 3 N–H and O–H groups in total. The standard InChI is InChI=1S/C14H19NO5/c1-14(2,3)20-13(19)15-10-6-4-5-9(7-10)8-11(16)12(17)18/h4-7,11,16H,8H2,1-3H3,(H,15,19)(H,17,18). The third kappa shape index (κ3) is 5.71. The summed E-state index contributed by atoms with van der Waals surface area (Å²) in [6, 6.07) is 6.58. The number of anilines is 1. The molecule has 0 aromatic heterocycles. The fourth-order valence-electron chi connectivity index (χ4n) is 1.51. The number of carbonyl (C=O) groups excluding carboxylic acids is 1. The smallest absolute Gasteiger partial charge is 0.412 e. The van der Waals surface area contributed by atoms with Gasteiger partial charge in [0.15, 0.2) is 6.10 Å². The van der Waals surface area contributed by atoms with Gasteiger partial charge < -0.3 is 14.9 Å². The highest BCUT2D eigenvalue weighted by molar-refractivity contribution is 5.85. The zero-order valence-corrected chi connectivity index (χ0v) is 11.7. The highest BCUT2D eigenvalue weighted by atomic mass is 16.6. The summed E-state index contributed by atoms with van der Waals surface area (Å²) in [5.74, 6) is -1.28. The number of nitrogens with one attached hydrogen (secondary N) is 1. The summed E-state index contributed by atoms with van der Waals surface area (Å²) in [6.07, 6.45) is -2.08. The molecule has 1 aromatic carbocycles. The van der Waals surface area contributed by atoms with Crippen LogP contribution in [0.3, 0.4) is 0 Å². The zero-order chi connectivity index (χ0) is 15.3. The summed E-state index contributed by atoms with van der Waals surface area (Å²) in [7, 11) is 0. The Morgan fingerprint density at radius 2 is 2.00 bits per heavy atom. The van der Waals surface area contributed by atoms with Gasteiger partial charge in [-0.15, -0.1) is 0 Å². The van der Waals surface area contributed by atoms with Crippen LogP contribution < -0.4 is 5.32 Å². The molecule has 0 aliphatic rings. The van der Waals surface area contributed by atoms with Crippen molar-refractivity contribution in [1.29, 1.82) is 0 Å². The van der Waals surface area contributed by atoms with E-state index in [9.17, 15) is 14.7 Å². The molecule has 0 saturated carbocycles. The molecular weight excluding hydrogens is 262 g/mol. The molecule has 0 spiro atoms. The van der Waals surface area contributed by atoms with Gasteiger partial charge in [0, 0.05) is 12.1 Å². The van der Waals surface area contributed by atoms with Gasteiger partial charge in [-0.25, -0.2) is 9.59 Å². The van der Waals surface area contributed by atoms with E-state index in [0.29, 0.717) is 11.3 Å². The number of aliphatic hydroxyl groups excluding tert-OH is 1. The monoisotopic (exact) mass is 281 g/mol. The first-order chi connectivity index (χ1) is 9.17. The Kier molecular flexibility index (Phi) is 5.10. The number of carbonyl (C=O) groups is 2. The van der Waals surface area contributed by atoms with E-state index in [4.69, 9.17) is 9.84 Å². The number of carboxylic acid groups (broad SMARTS) is 1. The normalized spacial score (nSPS) is 12.6. The number of aliphatic carboxylic acids is 1. The Balaban J connectivity index is 2.69. The topological polar surface area (TPSA) is 95.9 Å². The maximum absolute atomic E-state index is 11.6. The first kappa shape index (κ1) is 16.0. The number of hydrogen-bond donors (Lipinski definition) is 3. The lowest BCUT2D eigenvalue weighted by Crippen LogP contribution is -2.27. The second kappa shape index (κ2) is 6.38. The zero-order valence-electron chi connectivity index (χ0n) is 11.7. The second-order valence-electron chi connectivity index (χ2n) is 5.39. The van der Waals surface area contributed by atoms with Crippen molar-refractivity contribution in [3.05, 3.63) is 29.8 Å². The molecule has 1 rings (SSSR count). The molecule has 6 nitrogen and oxygen atoms in total. The number of amides is 1. The highest BCUT2D eigenvalue weighted by Crippen LogP contribution is 2.14. The lowest BCUT2D eigenvalue weighted by molar-refractivity contribution is -0.146. The van der Waals surface area contributed by atoms with E-state index in [1.165, 1.54) is 0 Å². The van der Waals surface area contributed by atoms with Crippen LogP contribution >= 0.6 is 0 Å². The molecular formula is C14H19NO5. The first-order valence-electron chi connectivity index (χ1n) is 6.17. The SMILES string of the molecule is CC(C)(C)OC(=O)Nc1cccc(CC(O)C(=O)O)c1. The van der Waals surface area contributed by atoms with Crippen LogP contribution in [0, 0.1) is 0 Å².